The van der Waals surface area contributed by atoms with Crippen molar-refractivity contribution in [3.8, 4) is 5.75 Å². The number of amides is 1. The summed E-state index contributed by atoms with van der Waals surface area (Å²) in [5.41, 5.74) is -1.94. The Labute approximate surface area is 160 Å². The number of fused-ring (bicyclic) bond motifs is 1. The molecule has 6 nitrogen and oxygen atoms in total. The monoisotopic (exact) mass is 399 g/mol. The van der Waals surface area contributed by atoms with Gasteiger partial charge in [-0.25, -0.2) is 4.98 Å². The number of halogens is 3. The lowest BCUT2D eigenvalue weighted by Gasteiger charge is -2.21. The third kappa shape index (κ3) is 4.40. The molecule has 0 unspecified atom stereocenters. The van der Waals surface area contributed by atoms with E-state index in [-0.39, 0.29) is 18.0 Å². The molecule has 154 valence electrons. The van der Waals surface area contributed by atoms with E-state index in [1.807, 2.05) is 0 Å². The molecule has 2 N–H and O–H groups in total. The van der Waals surface area contributed by atoms with Crippen molar-refractivity contribution in [2.24, 2.45) is 5.92 Å². The van der Waals surface area contributed by atoms with Gasteiger partial charge in [0, 0.05) is 12.2 Å². The average Bonchev–Trinajstić information content (AvgIpc) is 3.08. The van der Waals surface area contributed by atoms with Crippen LogP contribution >= 0.6 is 0 Å². The SMILES string of the molecule is C[C@@H](CO)NC(=O)c1c(C(F)(F)F)nc2c(OCC3CCCCC3)cccn12. The van der Waals surface area contributed by atoms with Crippen LogP contribution in [0.15, 0.2) is 18.3 Å². The fourth-order valence-corrected chi connectivity index (χ4v) is 3.47. The van der Waals surface area contributed by atoms with Crippen LogP contribution in [-0.2, 0) is 6.18 Å². The quantitative estimate of drug-likeness (QED) is 0.781. The number of carbonyl (C=O) groups excluding carboxylic acids is 1. The Morgan fingerprint density at radius 1 is 1.39 bits per heavy atom. The molecule has 0 aliphatic heterocycles. The summed E-state index contributed by atoms with van der Waals surface area (Å²) in [6, 6.07) is 2.39. The van der Waals surface area contributed by atoms with Crippen molar-refractivity contribution in [3.05, 3.63) is 29.7 Å². The second-order valence-electron chi connectivity index (χ2n) is 7.24. The molecule has 1 aliphatic rings. The first-order valence-corrected chi connectivity index (χ1v) is 9.44. The van der Waals surface area contributed by atoms with Crippen LogP contribution in [-0.4, -0.2) is 39.7 Å². The lowest BCUT2D eigenvalue weighted by molar-refractivity contribution is -0.141. The Morgan fingerprint density at radius 3 is 2.75 bits per heavy atom. The summed E-state index contributed by atoms with van der Waals surface area (Å²) in [6.45, 7) is 1.52. The number of ether oxygens (including phenoxy) is 1. The number of imidazole rings is 1. The first-order chi connectivity index (χ1) is 13.3. The second kappa shape index (κ2) is 8.38. The fraction of sp³-hybridized carbons (Fsp3) is 0.579. The first-order valence-electron chi connectivity index (χ1n) is 9.44. The number of nitrogens with zero attached hydrogens (tertiary/aromatic N) is 2. The molecule has 0 radical (unpaired) electrons. The smallest absolute Gasteiger partial charge is 0.435 e. The molecule has 28 heavy (non-hydrogen) atoms. The van der Waals surface area contributed by atoms with Gasteiger partial charge in [-0.1, -0.05) is 19.3 Å². The van der Waals surface area contributed by atoms with Crippen molar-refractivity contribution < 1.29 is 27.8 Å². The van der Waals surface area contributed by atoms with E-state index in [2.05, 4.69) is 10.3 Å². The molecular formula is C19H24F3N3O3. The zero-order valence-corrected chi connectivity index (χ0v) is 15.6. The number of pyridine rings is 1. The topological polar surface area (TPSA) is 75.9 Å². The summed E-state index contributed by atoms with van der Waals surface area (Å²) in [7, 11) is 0. The van der Waals surface area contributed by atoms with Crippen LogP contribution in [0.1, 0.15) is 55.2 Å². The van der Waals surface area contributed by atoms with Gasteiger partial charge in [-0.2, -0.15) is 13.2 Å². The highest BCUT2D eigenvalue weighted by molar-refractivity contribution is 5.95. The molecule has 2 heterocycles. The number of carbonyl (C=O) groups is 1. The summed E-state index contributed by atoms with van der Waals surface area (Å²) >= 11 is 0. The van der Waals surface area contributed by atoms with Gasteiger partial charge in [0.25, 0.3) is 5.91 Å². The number of aromatic nitrogens is 2. The van der Waals surface area contributed by atoms with Gasteiger partial charge in [-0.15, -0.1) is 0 Å². The summed E-state index contributed by atoms with van der Waals surface area (Å²) in [5, 5.41) is 11.4. The summed E-state index contributed by atoms with van der Waals surface area (Å²) in [5.74, 6) is -0.363. The van der Waals surface area contributed by atoms with Crippen molar-refractivity contribution in [2.75, 3.05) is 13.2 Å². The molecule has 0 saturated heterocycles. The van der Waals surface area contributed by atoms with E-state index in [9.17, 15) is 18.0 Å². The van der Waals surface area contributed by atoms with Crippen LogP contribution < -0.4 is 10.1 Å². The Kier molecular flexibility index (Phi) is 6.12. The van der Waals surface area contributed by atoms with Gasteiger partial charge in [0.2, 0.25) is 0 Å². The van der Waals surface area contributed by atoms with Gasteiger partial charge in [-0.05, 0) is 37.8 Å². The molecule has 1 aliphatic carbocycles. The number of nitrogens with one attached hydrogen (secondary N) is 1. The molecule has 0 bridgehead atoms. The van der Waals surface area contributed by atoms with Crippen molar-refractivity contribution >= 4 is 11.6 Å². The third-order valence-electron chi connectivity index (χ3n) is 4.95. The predicted molar refractivity (Wildman–Crippen MR) is 96.3 cm³/mol. The highest BCUT2D eigenvalue weighted by atomic mass is 19.4. The number of aliphatic hydroxyl groups excluding tert-OH is 1. The normalized spacial score (nSPS) is 16.9. The maximum absolute atomic E-state index is 13.5. The Balaban J connectivity index is 1.96. The summed E-state index contributed by atoms with van der Waals surface area (Å²) < 4.78 is 47.5. The van der Waals surface area contributed by atoms with Crippen molar-refractivity contribution in [1.29, 1.82) is 0 Å². The van der Waals surface area contributed by atoms with Gasteiger partial charge in [0.05, 0.1) is 13.2 Å². The minimum absolute atomic E-state index is 0.0487. The van der Waals surface area contributed by atoms with Gasteiger partial charge in [0.1, 0.15) is 5.69 Å². The van der Waals surface area contributed by atoms with Gasteiger partial charge < -0.3 is 15.2 Å². The van der Waals surface area contributed by atoms with E-state index in [0.29, 0.717) is 12.5 Å². The van der Waals surface area contributed by atoms with Crippen molar-refractivity contribution in [2.45, 2.75) is 51.2 Å². The van der Waals surface area contributed by atoms with Crippen molar-refractivity contribution in [1.82, 2.24) is 14.7 Å². The first kappa shape index (κ1) is 20.4. The minimum Gasteiger partial charge on any atom is -0.489 e. The highest BCUT2D eigenvalue weighted by Gasteiger charge is 2.40. The Bertz CT molecular complexity index is 829. The number of hydrogen-bond donors (Lipinski definition) is 2. The van der Waals surface area contributed by atoms with E-state index in [1.54, 1.807) is 6.07 Å². The van der Waals surface area contributed by atoms with Crippen LogP contribution in [0.3, 0.4) is 0 Å². The molecule has 1 fully saturated rings. The number of alkyl halides is 3. The number of aliphatic hydroxyl groups is 1. The lowest BCUT2D eigenvalue weighted by atomic mass is 9.90. The second-order valence-corrected chi connectivity index (χ2v) is 7.24. The predicted octanol–water partition coefficient (Wildman–Crippen LogP) is 3.42. The zero-order valence-electron chi connectivity index (χ0n) is 15.6. The van der Waals surface area contributed by atoms with Gasteiger partial charge >= 0.3 is 6.18 Å². The van der Waals surface area contributed by atoms with Crippen LogP contribution in [0.25, 0.3) is 5.65 Å². The van der Waals surface area contributed by atoms with E-state index in [4.69, 9.17) is 9.84 Å². The molecule has 3 rings (SSSR count). The maximum atomic E-state index is 13.5. The van der Waals surface area contributed by atoms with E-state index < -0.39 is 29.5 Å². The molecule has 9 heteroatoms. The molecule has 2 aromatic rings. The lowest BCUT2D eigenvalue weighted by Crippen LogP contribution is -2.36. The van der Waals surface area contributed by atoms with Gasteiger partial charge in [-0.3, -0.25) is 9.20 Å². The van der Waals surface area contributed by atoms with E-state index in [0.717, 1.165) is 30.1 Å². The summed E-state index contributed by atoms with van der Waals surface area (Å²) in [6.07, 6.45) is 2.09. The number of rotatable bonds is 6. The molecule has 2 aromatic heterocycles. The van der Waals surface area contributed by atoms with E-state index >= 15 is 0 Å². The standard InChI is InChI=1S/C19H24F3N3O3/c1-12(10-26)23-18(27)15-16(19(20,21)22)24-17-14(8-5-9-25(15)17)28-11-13-6-3-2-4-7-13/h5,8-9,12-13,26H,2-4,6-7,10-11H2,1H3,(H,23,27)/t12-/m0/s1. The minimum atomic E-state index is -4.80. The molecule has 1 amide bonds. The highest BCUT2D eigenvalue weighted by Crippen LogP contribution is 2.34. The van der Waals surface area contributed by atoms with Crippen LogP contribution in [0, 0.1) is 5.92 Å². The van der Waals surface area contributed by atoms with Crippen LogP contribution in [0.4, 0.5) is 13.2 Å². The molecule has 0 spiro atoms. The largest absolute Gasteiger partial charge is 0.489 e. The van der Waals surface area contributed by atoms with Gasteiger partial charge in [0.15, 0.2) is 17.1 Å². The third-order valence-corrected chi connectivity index (χ3v) is 4.95. The Hall–Kier alpha value is -2.29. The van der Waals surface area contributed by atoms with Crippen molar-refractivity contribution in [3.63, 3.8) is 0 Å². The van der Waals surface area contributed by atoms with Crippen LogP contribution in [0.2, 0.25) is 0 Å². The zero-order chi connectivity index (χ0) is 20.3. The fourth-order valence-electron chi connectivity index (χ4n) is 3.47. The molecule has 0 aromatic carbocycles. The Morgan fingerprint density at radius 2 is 2.11 bits per heavy atom. The van der Waals surface area contributed by atoms with E-state index in [1.165, 1.54) is 25.6 Å². The van der Waals surface area contributed by atoms with Crippen LogP contribution in [0.5, 0.6) is 5.75 Å². The average molecular weight is 399 g/mol. The summed E-state index contributed by atoms with van der Waals surface area (Å²) in [4.78, 5) is 16.1. The number of hydrogen-bond acceptors (Lipinski definition) is 4. The molecule has 1 saturated carbocycles. The molecular weight excluding hydrogens is 375 g/mol. The maximum Gasteiger partial charge on any atom is 0.435 e. The molecule has 1 atom stereocenters.